The van der Waals surface area contributed by atoms with Crippen molar-refractivity contribution in [1.29, 1.82) is 0 Å². The lowest BCUT2D eigenvalue weighted by atomic mass is 9.98. The number of aromatic nitrogens is 2. The molecule has 0 unspecified atom stereocenters. The van der Waals surface area contributed by atoms with Crippen LogP contribution in [0, 0.1) is 20.8 Å². The fourth-order valence-corrected chi connectivity index (χ4v) is 5.23. The molecule has 0 aliphatic heterocycles. The number of hydrogen-bond acceptors (Lipinski definition) is 2. The smallest absolute Gasteiger partial charge is 0.253 e. The van der Waals surface area contributed by atoms with E-state index in [0.29, 0.717) is 17.2 Å². The minimum atomic E-state index is -0.164. The average molecular weight is 454 g/mol. The van der Waals surface area contributed by atoms with Crippen molar-refractivity contribution in [3.05, 3.63) is 93.0 Å². The van der Waals surface area contributed by atoms with Gasteiger partial charge in [-0.15, -0.1) is 0 Å². The second-order valence-electron chi connectivity index (χ2n) is 9.61. The van der Waals surface area contributed by atoms with E-state index < -0.39 is 0 Å². The highest BCUT2D eigenvalue weighted by Crippen LogP contribution is 2.36. The highest BCUT2D eigenvalue weighted by atomic mass is 16.1. The topological polar surface area (TPSA) is 66.9 Å². The van der Waals surface area contributed by atoms with Crippen molar-refractivity contribution in [1.82, 2.24) is 14.9 Å². The Kier molecular flexibility index (Phi) is 5.86. The zero-order valence-electron chi connectivity index (χ0n) is 20.1. The van der Waals surface area contributed by atoms with E-state index in [1.807, 2.05) is 26.0 Å². The molecule has 2 aromatic heterocycles. The zero-order chi connectivity index (χ0) is 23.8. The minimum Gasteiger partial charge on any atom is -0.348 e. The summed E-state index contributed by atoms with van der Waals surface area (Å²) in [5, 5.41) is 3.96. The highest BCUT2D eigenvalue weighted by molar-refractivity contribution is 6.08. The van der Waals surface area contributed by atoms with Crippen LogP contribution in [-0.2, 0) is 6.54 Å². The number of H-pyrrole nitrogens is 1. The summed E-state index contributed by atoms with van der Waals surface area (Å²) < 4.78 is 2.35. The van der Waals surface area contributed by atoms with Gasteiger partial charge in [-0.2, -0.15) is 0 Å². The van der Waals surface area contributed by atoms with Gasteiger partial charge in [-0.3, -0.25) is 9.59 Å². The molecule has 5 heteroatoms. The summed E-state index contributed by atoms with van der Waals surface area (Å²) in [5.41, 5.74) is 7.20. The van der Waals surface area contributed by atoms with Crippen LogP contribution in [0.25, 0.3) is 22.0 Å². The van der Waals surface area contributed by atoms with Crippen LogP contribution in [0.1, 0.15) is 64.5 Å². The number of aryl methyl sites for hydroxylation is 3. The molecule has 0 spiro atoms. The van der Waals surface area contributed by atoms with Crippen LogP contribution in [0.15, 0.2) is 59.5 Å². The van der Waals surface area contributed by atoms with E-state index in [4.69, 9.17) is 0 Å². The van der Waals surface area contributed by atoms with E-state index in [1.54, 1.807) is 0 Å². The van der Waals surface area contributed by atoms with Crippen LogP contribution in [0.4, 0.5) is 0 Å². The van der Waals surface area contributed by atoms with Crippen molar-refractivity contribution in [2.75, 3.05) is 0 Å². The predicted octanol–water partition coefficient (Wildman–Crippen LogP) is 5.97. The lowest BCUT2D eigenvalue weighted by molar-refractivity contribution is 0.0952. The summed E-state index contributed by atoms with van der Waals surface area (Å²) in [7, 11) is 0. The zero-order valence-corrected chi connectivity index (χ0v) is 20.1. The molecule has 0 bridgehead atoms. The number of aromatic amines is 1. The Labute approximate surface area is 199 Å². The van der Waals surface area contributed by atoms with Gasteiger partial charge in [-0.05, 0) is 74.6 Å². The van der Waals surface area contributed by atoms with Crippen molar-refractivity contribution in [2.45, 2.75) is 59.0 Å². The molecule has 1 saturated carbocycles. The van der Waals surface area contributed by atoms with Crippen LogP contribution < -0.4 is 10.9 Å². The first kappa shape index (κ1) is 22.2. The summed E-state index contributed by atoms with van der Waals surface area (Å²) in [5.74, 6) is -0.164. The first-order chi connectivity index (χ1) is 16.4. The fourth-order valence-electron chi connectivity index (χ4n) is 5.23. The summed E-state index contributed by atoms with van der Waals surface area (Å²) in [6.45, 7) is 6.03. The Morgan fingerprint density at radius 2 is 1.74 bits per heavy atom. The van der Waals surface area contributed by atoms with Crippen LogP contribution in [0.5, 0.6) is 0 Å². The van der Waals surface area contributed by atoms with Gasteiger partial charge in [0.2, 0.25) is 0 Å². The third-order valence-corrected chi connectivity index (χ3v) is 7.11. The Balaban J connectivity index is 1.55. The SMILES string of the molecule is Cc1ccc(-c2cc(C(=O)NCc3c(C)cc(C)[nH]c3=O)c3ccn(C4CCCC4)c3c2)cc1. The Morgan fingerprint density at radius 3 is 2.44 bits per heavy atom. The van der Waals surface area contributed by atoms with Gasteiger partial charge >= 0.3 is 0 Å². The number of carbonyl (C=O) groups is 1. The summed E-state index contributed by atoms with van der Waals surface area (Å²) in [6.07, 6.45) is 6.98. The predicted molar refractivity (Wildman–Crippen MR) is 137 cm³/mol. The summed E-state index contributed by atoms with van der Waals surface area (Å²) >= 11 is 0. The molecular weight excluding hydrogens is 422 g/mol. The van der Waals surface area contributed by atoms with E-state index in [-0.39, 0.29) is 18.0 Å². The van der Waals surface area contributed by atoms with Gasteiger partial charge in [-0.25, -0.2) is 0 Å². The molecule has 1 aliphatic rings. The molecular formula is C29H31N3O2. The number of carbonyl (C=O) groups excluding carboxylic acids is 1. The Bertz CT molecular complexity index is 1420. The van der Waals surface area contributed by atoms with Crippen LogP contribution in [0.2, 0.25) is 0 Å². The van der Waals surface area contributed by atoms with E-state index >= 15 is 0 Å². The maximum Gasteiger partial charge on any atom is 0.253 e. The molecule has 1 amide bonds. The Hall–Kier alpha value is -3.60. The molecule has 0 saturated heterocycles. The van der Waals surface area contributed by atoms with E-state index in [2.05, 4.69) is 64.4 Å². The molecule has 4 aromatic rings. The maximum atomic E-state index is 13.5. The van der Waals surface area contributed by atoms with Gasteiger partial charge in [0.25, 0.3) is 11.5 Å². The molecule has 5 nitrogen and oxygen atoms in total. The summed E-state index contributed by atoms with van der Waals surface area (Å²) in [6, 6.07) is 17.1. The number of rotatable bonds is 5. The normalized spacial score (nSPS) is 14.1. The van der Waals surface area contributed by atoms with E-state index in [1.165, 1.54) is 31.2 Å². The van der Waals surface area contributed by atoms with Crippen molar-refractivity contribution >= 4 is 16.8 Å². The molecule has 2 heterocycles. The summed E-state index contributed by atoms with van der Waals surface area (Å²) in [4.78, 5) is 28.7. The van der Waals surface area contributed by atoms with Gasteiger partial charge in [0.05, 0.1) is 0 Å². The number of fused-ring (bicyclic) bond motifs is 1. The second kappa shape index (κ2) is 8.98. The van der Waals surface area contributed by atoms with Crippen molar-refractivity contribution < 1.29 is 4.79 Å². The molecule has 5 rings (SSSR count). The molecule has 2 N–H and O–H groups in total. The highest BCUT2D eigenvalue weighted by Gasteiger charge is 2.21. The molecule has 1 aliphatic carbocycles. The number of nitrogens with zero attached hydrogens (tertiary/aromatic N) is 1. The van der Waals surface area contributed by atoms with Gasteiger partial charge in [0, 0.05) is 46.5 Å². The Morgan fingerprint density at radius 1 is 1.00 bits per heavy atom. The number of nitrogens with one attached hydrogen (secondary N) is 2. The average Bonchev–Trinajstić information content (AvgIpc) is 3.47. The number of pyridine rings is 1. The second-order valence-corrected chi connectivity index (χ2v) is 9.61. The van der Waals surface area contributed by atoms with Crippen LogP contribution in [-0.4, -0.2) is 15.5 Å². The third kappa shape index (κ3) is 4.18. The largest absolute Gasteiger partial charge is 0.348 e. The van der Waals surface area contributed by atoms with Gasteiger partial charge in [-0.1, -0.05) is 42.7 Å². The molecule has 0 radical (unpaired) electrons. The van der Waals surface area contributed by atoms with Gasteiger partial charge < -0.3 is 14.9 Å². The van der Waals surface area contributed by atoms with Crippen LogP contribution >= 0.6 is 0 Å². The molecule has 34 heavy (non-hydrogen) atoms. The molecule has 0 atom stereocenters. The van der Waals surface area contributed by atoms with E-state index in [9.17, 15) is 9.59 Å². The first-order valence-electron chi connectivity index (χ1n) is 12.1. The van der Waals surface area contributed by atoms with Crippen molar-refractivity contribution in [3.63, 3.8) is 0 Å². The number of hydrogen-bond donors (Lipinski definition) is 2. The number of benzene rings is 2. The maximum absolute atomic E-state index is 13.5. The lowest BCUT2D eigenvalue weighted by Gasteiger charge is -2.16. The number of amides is 1. The third-order valence-electron chi connectivity index (χ3n) is 7.11. The van der Waals surface area contributed by atoms with E-state index in [0.717, 1.165) is 33.3 Å². The molecule has 174 valence electrons. The first-order valence-corrected chi connectivity index (χ1v) is 12.1. The fraction of sp³-hybridized carbons (Fsp3) is 0.310. The lowest BCUT2D eigenvalue weighted by Crippen LogP contribution is -2.28. The van der Waals surface area contributed by atoms with Gasteiger partial charge in [0.15, 0.2) is 0 Å². The van der Waals surface area contributed by atoms with Crippen LogP contribution in [0.3, 0.4) is 0 Å². The monoisotopic (exact) mass is 453 g/mol. The molecule has 2 aromatic carbocycles. The quantitative estimate of drug-likeness (QED) is 0.391. The van der Waals surface area contributed by atoms with Crippen molar-refractivity contribution in [3.8, 4) is 11.1 Å². The molecule has 1 fully saturated rings. The minimum absolute atomic E-state index is 0.149. The van der Waals surface area contributed by atoms with Crippen molar-refractivity contribution in [2.24, 2.45) is 0 Å². The standard InChI is InChI=1S/C29H31N3O2/c1-18-8-10-21(11-9-18)22-15-25(24-12-13-32(27(24)16-22)23-6-4-5-7-23)28(33)30-17-26-19(2)14-20(3)31-29(26)34/h8-16,23H,4-7,17H2,1-3H3,(H,30,33)(H,31,34). The van der Waals surface area contributed by atoms with Gasteiger partial charge in [0.1, 0.15) is 0 Å².